The number of para-hydroxylation sites is 1. The van der Waals surface area contributed by atoms with Crippen LogP contribution < -0.4 is 15.8 Å². The van der Waals surface area contributed by atoms with Gasteiger partial charge in [-0.05, 0) is 23.8 Å². The molecule has 0 fully saturated rings. The summed E-state index contributed by atoms with van der Waals surface area (Å²) in [5.74, 6) is 0.741. The van der Waals surface area contributed by atoms with Crippen molar-refractivity contribution in [3.8, 4) is 0 Å². The van der Waals surface area contributed by atoms with Crippen LogP contribution in [0.5, 0.6) is 0 Å². The van der Waals surface area contributed by atoms with Crippen molar-refractivity contribution in [2.75, 3.05) is 19.0 Å². The Balaban J connectivity index is 1.56. The summed E-state index contributed by atoms with van der Waals surface area (Å²) in [6, 6.07) is 11.0. The quantitative estimate of drug-likeness (QED) is 0.729. The number of anilines is 1. The summed E-state index contributed by atoms with van der Waals surface area (Å²) < 4.78 is 1.47. The second-order valence-electron chi connectivity index (χ2n) is 6.21. The van der Waals surface area contributed by atoms with Crippen molar-refractivity contribution in [3.05, 3.63) is 64.8 Å². The molecule has 3 aromatic rings. The lowest BCUT2D eigenvalue weighted by molar-refractivity contribution is -0.121. The molecular formula is C19H21N5O2. The Bertz CT molecular complexity index is 964. The van der Waals surface area contributed by atoms with Crippen molar-refractivity contribution < 1.29 is 4.79 Å². The zero-order chi connectivity index (χ0) is 18.5. The van der Waals surface area contributed by atoms with E-state index in [4.69, 9.17) is 0 Å². The molecule has 26 heavy (non-hydrogen) atoms. The molecular weight excluding hydrogens is 330 g/mol. The highest BCUT2D eigenvalue weighted by Crippen LogP contribution is 2.08. The summed E-state index contributed by atoms with van der Waals surface area (Å²) >= 11 is 0. The van der Waals surface area contributed by atoms with Crippen LogP contribution in [0.1, 0.15) is 12.0 Å². The highest BCUT2D eigenvalue weighted by Gasteiger charge is 2.07. The number of pyridine rings is 1. The monoisotopic (exact) mass is 351 g/mol. The third kappa shape index (κ3) is 4.05. The fraction of sp³-hybridized carbons (Fsp3) is 0.263. The molecule has 2 heterocycles. The van der Waals surface area contributed by atoms with Gasteiger partial charge in [0.15, 0.2) is 0 Å². The highest BCUT2D eigenvalue weighted by atomic mass is 16.1. The molecule has 0 aliphatic rings. The molecule has 1 amide bonds. The molecule has 1 N–H and O–H groups in total. The van der Waals surface area contributed by atoms with E-state index in [-0.39, 0.29) is 17.9 Å². The van der Waals surface area contributed by atoms with E-state index in [2.05, 4.69) is 15.3 Å². The van der Waals surface area contributed by atoms with Gasteiger partial charge in [0.05, 0.1) is 17.2 Å². The maximum absolute atomic E-state index is 12.4. The summed E-state index contributed by atoms with van der Waals surface area (Å²) in [5, 5.41) is 3.40. The predicted octanol–water partition coefficient (Wildman–Crippen LogP) is 1.56. The van der Waals surface area contributed by atoms with Crippen LogP contribution in [0.2, 0.25) is 0 Å². The number of aromatic nitrogens is 3. The third-order valence-electron chi connectivity index (χ3n) is 4.07. The molecule has 1 aromatic carbocycles. The molecule has 7 heteroatoms. The van der Waals surface area contributed by atoms with Crippen LogP contribution in [-0.2, 0) is 17.9 Å². The summed E-state index contributed by atoms with van der Waals surface area (Å²) in [7, 11) is 3.85. The van der Waals surface area contributed by atoms with Crippen molar-refractivity contribution in [2.24, 2.45) is 0 Å². The Kier molecular flexibility index (Phi) is 5.26. The summed E-state index contributed by atoms with van der Waals surface area (Å²) in [6.45, 7) is 0.699. The second-order valence-corrected chi connectivity index (χ2v) is 6.21. The first-order valence-corrected chi connectivity index (χ1v) is 8.38. The lowest BCUT2D eigenvalue weighted by Crippen LogP contribution is -2.27. The fourth-order valence-electron chi connectivity index (χ4n) is 2.56. The molecule has 2 aromatic heterocycles. The van der Waals surface area contributed by atoms with Crippen LogP contribution in [0.4, 0.5) is 5.82 Å². The van der Waals surface area contributed by atoms with Gasteiger partial charge in [-0.3, -0.25) is 14.2 Å². The van der Waals surface area contributed by atoms with Crippen LogP contribution in [0.15, 0.2) is 53.7 Å². The Morgan fingerprint density at radius 1 is 1.15 bits per heavy atom. The number of amides is 1. The van der Waals surface area contributed by atoms with Crippen LogP contribution >= 0.6 is 0 Å². The van der Waals surface area contributed by atoms with Crippen LogP contribution in [0.3, 0.4) is 0 Å². The van der Waals surface area contributed by atoms with E-state index in [1.807, 2.05) is 37.2 Å². The zero-order valence-electron chi connectivity index (χ0n) is 14.8. The van der Waals surface area contributed by atoms with Gasteiger partial charge in [-0.25, -0.2) is 9.97 Å². The fourth-order valence-corrected chi connectivity index (χ4v) is 2.56. The van der Waals surface area contributed by atoms with Crippen LogP contribution in [-0.4, -0.2) is 34.5 Å². The van der Waals surface area contributed by atoms with Gasteiger partial charge in [0, 0.05) is 39.8 Å². The van der Waals surface area contributed by atoms with E-state index >= 15 is 0 Å². The smallest absolute Gasteiger partial charge is 0.261 e. The normalized spacial score (nSPS) is 10.7. The van der Waals surface area contributed by atoms with E-state index in [1.54, 1.807) is 24.4 Å². The van der Waals surface area contributed by atoms with Crippen LogP contribution in [0.25, 0.3) is 10.9 Å². The van der Waals surface area contributed by atoms with Gasteiger partial charge in [-0.1, -0.05) is 18.2 Å². The minimum Gasteiger partial charge on any atom is -0.363 e. The van der Waals surface area contributed by atoms with Crippen molar-refractivity contribution in [1.82, 2.24) is 19.9 Å². The average Bonchev–Trinajstić information content (AvgIpc) is 2.66. The van der Waals surface area contributed by atoms with E-state index < -0.39 is 0 Å². The Morgan fingerprint density at radius 2 is 1.96 bits per heavy atom. The molecule has 0 saturated carbocycles. The first-order valence-electron chi connectivity index (χ1n) is 8.38. The lowest BCUT2D eigenvalue weighted by atomic mass is 10.2. The topological polar surface area (TPSA) is 80.1 Å². The predicted molar refractivity (Wildman–Crippen MR) is 101 cm³/mol. The van der Waals surface area contributed by atoms with E-state index in [0.29, 0.717) is 24.0 Å². The number of fused-ring (bicyclic) bond motifs is 1. The number of nitrogens with one attached hydrogen (secondary N) is 1. The van der Waals surface area contributed by atoms with Gasteiger partial charge in [0.25, 0.3) is 5.56 Å². The van der Waals surface area contributed by atoms with Gasteiger partial charge < -0.3 is 10.2 Å². The number of carbonyl (C=O) groups excluding carboxylic acids is 1. The molecule has 0 saturated heterocycles. The minimum absolute atomic E-state index is 0.123. The van der Waals surface area contributed by atoms with E-state index in [9.17, 15) is 9.59 Å². The summed E-state index contributed by atoms with van der Waals surface area (Å²) in [5.41, 5.74) is 1.45. The molecule has 7 nitrogen and oxygen atoms in total. The Labute approximate surface area is 151 Å². The zero-order valence-corrected chi connectivity index (χ0v) is 14.8. The number of carbonyl (C=O) groups is 1. The third-order valence-corrected chi connectivity index (χ3v) is 4.07. The number of hydrogen-bond donors (Lipinski definition) is 1. The molecule has 3 rings (SSSR count). The summed E-state index contributed by atoms with van der Waals surface area (Å²) in [4.78, 5) is 34.9. The Hall–Kier alpha value is -3.22. The second kappa shape index (κ2) is 7.77. The summed E-state index contributed by atoms with van der Waals surface area (Å²) in [6.07, 6.45) is 3.44. The van der Waals surface area contributed by atoms with Crippen molar-refractivity contribution in [3.63, 3.8) is 0 Å². The molecule has 0 aliphatic carbocycles. The first-order chi connectivity index (χ1) is 12.5. The van der Waals surface area contributed by atoms with Crippen LogP contribution in [0, 0.1) is 0 Å². The highest BCUT2D eigenvalue weighted by molar-refractivity contribution is 5.77. The number of aryl methyl sites for hydroxylation is 1. The van der Waals surface area contributed by atoms with Crippen molar-refractivity contribution >= 4 is 22.6 Å². The maximum Gasteiger partial charge on any atom is 0.261 e. The van der Waals surface area contributed by atoms with Crippen molar-refractivity contribution in [1.29, 1.82) is 0 Å². The standard InChI is InChI=1S/C19H21N5O2/c1-23(2)17-8-7-14(11-20-17)12-21-18(25)9-10-24-13-22-16-6-4-3-5-15(16)19(24)26/h3-8,11,13H,9-10,12H2,1-2H3,(H,21,25). The van der Waals surface area contributed by atoms with Gasteiger partial charge >= 0.3 is 0 Å². The molecule has 0 atom stereocenters. The molecule has 0 unspecified atom stereocenters. The van der Waals surface area contributed by atoms with E-state index in [1.165, 1.54) is 10.9 Å². The molecule has 0 radical (unpaired) electrons. The number of rotatable bonds is 6. The molecule has 134 valence electrons. The lowest BCUT2D eigenvalue weighted by Gasteiger charge is -2.11. The number of nitrogens with zero attached hydrogens (tertiary/aromatic N) is 4. The van der Waals surface area contributed by atoms with E-state index in [0.717, 1.165) is 11.4 Å². The molecule has 0 spiro atoms. The van der Waals surface area contributed by atoms with Gasteiger partial charge in [0.1, 0.15) is 5.82 Å². The number of benzene rings is 1. The molecule has 0 bridgehead atoms. The maximum atomic E-state index is 12.4. The van der Waals surface area contributed by atoms with Gasteiger partial charge in [0.2, 0.25) is 5.91 Å². The largest absolute Gasteiger partial charge is 0.363 e. The SMILES string of the molecule is CN(C)c1ccc(CNC(=O)CCn2cnc3ccccc3c2=O)cn1. The number of hydrogen-bond acceptors (Lipinski definition) is 5. The van der Waals surface area contributed by atoms with Crippen molar-refractivity contribution in [2.45, 2.75) is 19.5 Å². The van der Waals surface area contributed by atoms with Gasteiger partial charge in [-0.15, -0.1) is 0 Å². The minimum atomic E-state index is -0.133. The Morgan fingerprint density at radius 3 is 2.69 bits per heavy atom. The average molecular weight is 351 g/mol. The molecule has 0 aliphatic heterocycles. The first kappa shape index (κ1) is 17.6. The van der Waals surface area contributed by atoms with Gasteiger partial charge in [-0.2, -0.15) is 0 Å².